The number of rotatable bonds is 4. The van der Waals surface area contributed by atoms with E-state index in [4.69, 9.17) is 0 Å². The van der Waals surface area contributed by atoms with E-state index in [2.05, 4.69) is 10.3 Å². The summed E-state index contributed by atoms with van der Waals surface area (Å²) in [7, 11) is 0. The fourth-order valence-electron chi connectivity index (χ4n) is 1.90. The fraction of sp³-hybridized carbons (Fsp3) is 0.308. The Morgan fingerprint density at radius 2 is 2.10 bits per heavy atom. The van der Waals surface area contributed by atoms with Gasteiger partial charge in [0.15, 0.2) is 0 Å². The predicted octanol–water partition coefficient (Wildman–Crippen LogP) is 4.00. The highest BCUT2D eigenvalue weighted by molar-refractivity contribution is 7.07. The minimum Gasteiger partial charge on any atom is -0.305 e. The zero-order valence-electron chi connectivity index (χ0n) is 10.5. The molecule has 0 aliphatic rings. The van der Waals surface area contributed by atoms with Crippen molar-refractivity contribution in [1.29, 1.82) is 0 Å². The Morgan fingerprint density at radius 3 is 2.60 bits per heavy atom. The molecule has 1 N–H and O–H groups in total. The van der Waals surface area contributed by atoms with Gasteiger partial charge in [-0.3, -0.25) is 0 Å². The van der Waals surface area contributed by atoms with Crippen LogP contribution in [0.2, 0.25) is 0 Å². The molecule has 0 saturated carbocycles. The van der Waals surface area contributed by atoms with Crippen molar-refractivity contribution in [1.82, 2.24) is 10.3 Å². The van der Waals surface area contributed by atoms with Crippen LogP contribution in [0.4, 0.5) is 17.6 Å². The quantitative estimate of drug-likeness (QED) is 0.864. The highest BCUT2D eigenvalue weighted by Gasteiger charge is 2.34. The average molecular weight is 304 g/mol. The second kappa shape index (κ2) is 5.88. The maximum absolute atomic E-state index is 13.6. The number of hydrogen-bond acceptors (Lipinski definition) is 3. The molecular weight excluding hydrogens is 292 g/mol. The van der Waals surface area contributed by atoms with E-state index in [1.807, 2.05) is 6.92 Å². The van der Waals surface area contributed by atoms with Gasteiger partial charge in [-0.05, 0) is 24.2 Å². The number of nitrogens with one attached hydrogen (secondary N) is 1. The summed E-state index contributed by atoms with van der Waals surface area (Å²) in [6.45, 7) is 2.45. The van der Waals surface area contributed by atoms with Gasteiger partial charge in [0.05, 0.1) is 22.8 Å². The van der Waals surface area contributed by atoms with Crippen LogP contribution in [0.3, 0.4) is 0 Å². The molecule has 1 aromatic heterocycles. The zero-order valence-corrected chi connectivity index (χ0v) is 11.4. The van der Waals surface area contributed by atoms with Crippen LogP contribution in [0.1, 0.15) is 29.8 Å². The van der Waals surface area contributed by atoms with Crippen LogP contribution in [-0.2, 0) is 6.18 Å². The lowest BCUT2D eigenvalue weighted by Crippen LogP contribution is -2.22. The Kier molecular flexibility index (Phi) is 4.39. The Bertz CT molecular complexity index is 566. The molecule has 0 aliphatic heterocycles. The number of benzene rings is 1. The highest BCUT2D eigenvalue weighted by Crippen LogP contribution is 2.33. The lowest BCUT2D eigenvalue weighted by atomic mass is 10.0. The average Bonchev–Trinajstić information content (AvgIpc) is 2.87. The van der Waals surface area contributed by atoms with Crippen LogP contribution in [0.25, 0.3) is 0 Å². The van der Waals surface area contributed by atoms with Gasteiger partial charge in [-0.25, -0.2) is 9.37 Å². The summed E-state index contributed by atoms with van der Waals surface area (Å²) in [5.74, 6) is -1.27. The van der Waals surface area contributed by atoms with E-state index in [-0.39, 0.29) is 0 Å². The molecule has 0 saturated heterocycles. The molecule has 2 nitrogen and oxygen atoms in total. The van der Waals surface area contributed by atoms with Crippen LogP contribution in [0.15, 0.2) is 29.1 Å². The molecule has 0 spiro atoms. The lowest BCUT2D eigenvalue weighted by molar-refractivity contribution is -0.140. The van der Waals surface area contributed by atoms with E-state index in [1.54, 1.807) is 10.9 Å². The first kappa shape index (κ1) is 14.9. The second-order valence-corrected chi connectivity index (χ2v) is 4.86. The van der Waals surface area contributed by atoms with Crippen molar-refractivity contribution in [3.8, 4) is 0 Å². The maximum Gasteiger partial charge on any atom is 0.419 e. The van der Waals surface area contributed by atoms with Gasteiger partial charge in [0, 0.05) is 5.38 Å². The molecule has 0 bridgehead atoms. The molecule has 7 heteroatoms. The molecule has 2 rings (SSSR count). The van der Waals surface area contributed by atoms with Crippen molar-refractivity contribution >= 4 is 11.3 Å². The van der Waals surface area contributed by atoms with Gasteiger partial charge in [0.25, 0.3) is 0 Å². The smallest absolute Gasteiger partial charge is 0.305 e. The van der Waals surface area contributed by atoms with Gasteiger partial charge in [0.1, 0.15) is 5.82 Å². The van der Waals surface area contributed by atoms with Crippen molar-refractivity contribution in [2.24, 2.45) is 0 Å². The van der Waals surface area contributed by atoms with Gasteiger partial charge >= 0.3 is 6.18 Å². The van der Waals surface area contributed by atoms with Crippen molar-refractivity contribution in [2.75, 3.05) is 6.54 Å². The van der Waals surface area contributed by atoms with E-state index in [9.17, 15) is 17.6 Å². The standard InChI is InChI=1S/C13H12F4N2S/c1-2-18-12(11-6-20-7-19-11)8-3-4-9(10(14)5-8)13(15,16)17/h3-7,12,18H,2H2,1H3. The molecule has 0 radical (unpaired) electrons. The monoisotopic (exact) mass is 304 g/mol. The first-order chi connectivity index (χ1) is 9.43. The Balaban J connectivity index is 2.38. The number of thiazole rings is 1. The van der Waals surface area contributed by atoms with Crippen LogP contribution in [0.5, 0.6) is 0 Å². The van der Waals surface area contributed by atoms with Crippen molar-refractivity contribution in [3.05, 3.63) is 51.7 Å². The molecular formula is C13H12F4N2S. The third kappa shape index (κ3) is 3.16. The summed E-state index contributed by atoms with van der Waals surface area (Å²) in [5.41, 5.74) is 1.45. The first-order valence-electron chi connectivity index (χ1n) is 5.91. The summed E-state index contributed by atoms with van der Waals surface area (Å²) in [5, 5.41) is 4.86. The van der Waals surface area contributed by atoms with Crippen LogP contribution >= 0.6 is 11.3 Å². The Hall–Kier alpha value is -1.47. The van der Waals surface area contributed by atoms with Gasteiger partial charge in [-0.2, -0.15) is 13.2 Å². The van der Waals surface area contributed by atoms with Gasteiger partial charge in [-0.15, -0.1) is 11.3 Å². The molecule has 1 aromatic carbocycles. The minimum absolute atomic E-state index is 0.414. The lowest BCUT2D eigenvalue weighted by Gasteiger charge is -2.17. The third-order valence-electron chi connectivity index (χ3n) is 2.79. The van der Waals surface area contributed by atoms with Crippen LogP contribution < -0.4 is 5.32 Å². The number of nitrogens with zero attached hydrogens (tertiary/aromatic N) is 1. The molecule has 0 fully saturated rings. The molecule has 1 unspecified atom stereocenters. The third-order valence-corrected chi connectivity index (χ3v) is 3.39. The number of alkyl halides is 3. The summed E-state index contributed by atoms with van der Waals surface area (Å²) in [4.78, 5) is 4.12. The predicted molar refractivity (Wildman–Crippen MR) is 69.0 cm³/mol. The van der Waals surface area contributed by atoms with Crippen LogP contribution in [-0.4, -0.2) is 11.5 Å². The van der Waals surface area contributed by atoms with Gasteiger partial charge in [-0.1, -0.05) is 13.0 Å². The maximum atomic E-state index is 13.6. The molecule has 108 valence electrons. The summed E-state index contributed by atoms with van der Waals surface area (Å²) < 4.78 is 51.2. The SMILES string of the molecule is CCNC(c1ccc(C(F)(F)F)c(F)c1)c1cscn1. The van der Waals surface area contributed by atoms with Crippen molar-refractivity contribution in [3.63, 3.8) is 0 Å². The second-order valence-electron chi connectivity index (χ2n) is 4.14. The summed E-state index contributed by atoms with van der Waals surface area (Å²) in [6.07, 6.45) is -4.68. The molecule has 0 amide bonds. The topological polar surface area (TPSA) is 24.9 Å². The number of halogens is 4. The first-order valence-corrected chi connectivity index (χ1v) is 6.86. The van der Waals surface area contributed by atoms with E-state index >= 15 is 0 Å². The van der Waals surface area contributed by atoms with Gasteiger partial charge in [0.2, 0.25) is 0 Å². The molecule has 20 heavy (non-hydrogen) atoms. The molecule has 1 heterocycles. The largest absolute Gasteiger partial charge is 0.419 e. The highest BCUT2D eigenvalue weighted by atomic mass is 32.1. The van der Waals surface area contributed by atoms with Crippen LogP contribution in [0, 0.1) is 5.82 Å². The summed E-state index contributed by atoms with van der Waals surface area (Å²) in [6, 6.07) is 2.54. The van der Waals surface area contributed by atoms with E-state index in [1.165, 1.54) is 17.4 Å². The van der Waals surface area contributed by atoms with E-state index in [0.717, 1.165) is 12.1 Å². The minimum atomic E-state index is -4.68. The number of aromatic nitrogens is 1. The summed E-state index contributed by atoms with van der Waals surface area (Å²) >= 11 is 1.38. The fourth-order valence-corrected chi connectivity index (χ4v) is 2.48. The molecule has 0 aliphatic carbocycles. The van der Waals surface area contributed by atoms with Gasteiger partial charge < -0.3 is 5.32 Å². The van der Waals surface area contributed by atoms with Crippen molar-refractivity contribution in [2.45, 2.75) is 19.1 Å². The Labute approximate surface area is 117 Å². The molecule has 2 aromatic rings. The normalized spacial score (nSPS) is 13.4. The van der Waals surface area contributed by atoms with E-state index in [0.29, 0.717) is 17.8 Å². The van der Waals surface area contributed by atoms with Crippen molar-refractivity contribution < 1.29 is 17.6 Å². The zero-order chi connectivity index (χ0) is 14.8. The molecule has 1 atom stereocenters. The Morgan fingerprint density at radius 1 is 1.35 bits per heavy atom. The van der Waals surface area contributed by atoms with E-state index < -0.39 is 23.6 Å². The number of hydrogen-bond donors (Lipinski definition) is 1.